The second-order valence-electron chi connectivity index (χ2n) is 28.8. The number of carbonyl (C=O) groups is 6. The van der Waals surface area contributed by atoms with Crippen molar-refractivity contribution in [3.05, 3.63) is 36.5 Å². The van der Waals surface area contributed by atoms with Crippen LogP contribution in [0.5, 0.6) is 0 Å². The Kier molecular flexibility index (Phi) is 45.6. The maximum atomic E-state index is 12.8. The maximum Gasteiger partial charge on any atom is 0.321 e. The van der Waals surface area contributed by atoms with Crippen molar-refractivity contribution in [2.24, 2.45) is 64.7 Å². The molecule has 87 heavy (non-hydrogen) atoms. The van der Waals surface area contributed by atoms with Gasteiger partial charge in [0.2, 0.25) is 11.8 Å². The fourth-order valence-corrected chi connectivity index (χ4v) is 29.9. The predicted molar refractivity (Wildman–Crippen MR) is 373 cm³/mol. The molecule has 8 N–H and O–H groups in total. The number of esters is 2. The van der Waals surface area contributed by atoms with E-state index in [4.69, 9.17) is 19.7 Å². The third kappa shape index (κ3) is 43.4. The molecule has 1 fully saturated rings. The molecule has 1 aliphatic heterocycles. The van der Waals surface area contributed by atoms with Crippen LogP contribution in [0, 0.1) is 53.3 Å². The van der Waals surface area contributed by atoms with Crippen molar-refractivity contribution in [3.63, 3.8) is 0 Å². The van der Waals surface area contributed by atoms with Gasteiger partial charge in [-0.1, -0.05) is 163 Å². The predicted octanol–water partition coefficient (Wildman–Crippen LogP) is 16.2. The van der Waals surface area contributed by atoms with Gasteiger partial charge in [0.15, 0.2) is 33.3 Å². The van der Waals surface area contributed by atoms with Crippen molar-refractivity contribution in [1.29, 1.82) is 0 Å². The minimum atomic E-state index is -2.15. The van der Waals surface area contributed by atoms with E-state index in [0.29, 0.717) is 78.6 Å². The van der Waals surface area contributed by atoms with Crippen LogP contribution < -0.4 is 22.1 Å². The summed E-state index contributed by atoms with van der Waals surface area (Å²) in [6, 6.07) is 3.90. The first kappa shape index (κ1) is 86.0. The van der Waals surface area contributed by atoms with Gasteiger partial charge in [0, 0.05) is 25.9 Å². The molecule has 0 radical (unpaired) electrons. The van der Waals surface area contributed by atoms with Gasteiger partial charge in [-0.2, -0.15) is 0 Å². The molecule has 1 heterocycles. The Labute approximate surface area is 536 Å². The largest absolute Gasteiger partial charge is 0.481 e. The number of ether oxygens (including phenoxy) is 1. The lowest BCUT2D eigenvalue weighted by molar-refractivity contribution is -0.153. The van der Waals surface area contributed by atoms with Gasteiger partial charge in [-0.25, -0.2) is 0 Å². The van der Waals surface area contributed by atoms with Crippen LogP contribution in [-0.2, 0) is 41.7 Å². The highest BCUT2D eigenvalue weighted by Gasteiger charge is 2.37. The summed E-state index contributed by atoms with van der Waals surface area (Å²) in [6.07, 6.45) is 20.2. The smallest absolute Gasteiger partial charge is 0.321 e. The fourth-order valence-electron chi connectivity index (χ4n) is 12.4. The first-order valence-corrected chi connectivity index (χ1v) is 46.5. The van der Waals surface area contributed by atoms with Crippen molar-refractivity contribution in [2.45, 2.75) is 280 Å². The molecule has 0 saturated carbocycles. The molecule has 2 amide bonds. The van der Waals surface area contributed by atoms with E-state index >= 15 is 0 Å². The quantitative estimate of drug-likeness (QED) is 0.0109. The Balaban J connectivity index is 0. The number of unbranched alkanes of at least 4 members (excludes halogenated alkanes) is 3. The van der Waals surface area contributed by atoms with Crippen molar-refractivity contribution >= 4 is 69.0 Å². The van der Waals surface area contributed by atoms with Gasteiger partial charge < -0.3 is 45.3 Å². The zero-order valence-corrected chi connectivity index (χ0v) is 62.8. The van der Waals surface area contributed by atoms with E-state index in [-0.39, 0.29) is 31.1 Å². The summed E-state index contributed by atoms with van der Waals surface area (Å²) in [5, 5.41) is 25.6. The van der Waals surface area contributed by atoms with E-state index in [1.54, 1.807) is 0 Å². The minimum Gasteiger partial charge on any atom is -0.481 e. The van der Waals surface area contributed by atoms with E-state index in [9.17, 15) is 39.0 Å². The normalized spacial score (nSPS) is 16.5. The number of nitrogens with one attached hydrogen (secondary N) is 2. The molecule has 9 atom stereocenters. The first-order chi connectivity index (χ1) is 40.4. The van der Waals surface area contributed by atoms with Gasteiger partial charge in [0.1, 0.15) is 0 Å². The number of hydrogen-bond donors (Lipinski definition) is 6. The Morgan fingerprint density at radius 3 is 1.30 bits per heavy atom. The Morgan fingerprint density at radius 1 is 0.540 bits per heavy atom. The fraction of sp³-hybridized carbons (Fsp3) is 0.824. The van der Waals surface area contributed by atoms with Crippen LogP contribution in [0.25, 0.3) is 0 Å². The molecule has 0 aromatic heterocycles. The number of carboxylic acids is 2. The van der Waals surface area contributed by atoms with Crippen molar-refractivity contribution in [2.75, 3.05) is 26.2 Å². The van der Waals surface area contributed by atoms with E-state index < -0.39 is 74.9 Å². The van der Waals surface area contributed by atoms with Gasteiger partial charge in [-0.05, 0) is 183 Å². The molecule has 0 spiro atoms. The Hall–Kier alpha value is -3.05. The maximum absolute atomic E-state index is 12.8. The number of hydrogen-bond acceptors (Lipinski definition) is 11. The summed E-state index contributed by atoms with van der Waals surface area (Å²) in [5.41, 5.74) is 13.2. The number of aliphatic carboxylic acids is 2. The second kappa shape index (κ2) is 46.1. The number of rotatable bonds is 48. The van der Waals surface area contributed by atoms with Crippen LogP contribution in [0.1, 0.15) is 204 Å². The van der Waals surface area contributed by atoms with E-state index in [0.717, 1.165) is 76.1 Å². The number of carbonyl (C=O) groups excluding carboxylic acids is 4. The number of amides is 2. The molecular formula is C68H134N4O11Si4. The second-order valence-corrected chi connectivity index (χ2v) is 46.6. The lowest BCUT2D eigenvalue weighted by Gasteiger charge is -2.34. The van der Waals surface area contributed by atoms with Crippen molar-refractivity contribution in [1.82, 2.24) is 10.6 Å². The summed E-state index contributed by atoms with van der Waals surface area (Å²) >= 11 is 0. The molecule has 0 aromatic carbocycles. The molecule has 9 unspecified atom stereocenters. The Morgan fingerprint density at radius 2 is 0.920 bits per heavy atom. The summed E-state index contributed by atoms with van der Waals surface area (Å²) < 4.78 is 17.7. The molecular weight excluding hydrogens is 1160 g/mol. The van der Waals surface area contributed by atoms with Gasteiger partial charge >= 0.3 is 23.9 Å². The molecule has 19 heteroatoms. The van der Waals surface area contributed by atoms with Crippen LogP contribution in [-0.4, -0.2) is 105 Å². The van der Waals surface area contributed by atoms with E-state index in [1.165, 1.54) is 69.9 Å². The number of nitrogens with two attached hydrogens (primary N) is 2. The molecule has 1 aliphatic rings. The highest BCUT2D eigenvalue weighted by Crippen LogP contribution is 2.33. The standard InChI is InChI=1S/C42H80N2O7Si2.C16H26O3.C10H28N2OSi2/c1-13-16-19-31(4)25-32(5)26-34(7)37(41(47)48)29-39(45)43-21-18-23-52(9,10)51-53(11,12)24-22-44-40(46)30-38(42(49)50)35(8)27-33(6)28-36(15-3)20-17-14-2;1-5-6-7-11(2)8-12(3)9-13(4)14-10-15(17)19-16(14)18;1-14(2,9-5-7-11)13-15(3,4)10-6-8-12/h31-33,36-38H,7-8,13-30H2,1-6,9-12H3,(H,43,45)(H,44,46)(H,47,48)(H,49,50);11-12,14H,4-10H2,1-3H3;5-12H2,1-4H3. The summed E-state index contributed by atoms with van der Waals surface area (Å²) in [4.78, 5) is 72.2. The van der Waals surface area contributed by atoms with Crippen molar-refractivity contribution in [3.8, 4) is 0 Å². The molecule has 0 bridgehead atoms. The highest BCUT2D eigenvalue weighted by atomic mass is 28.4. The topological polar surface area (TPSA) is 247 Å². The first-order valence-electron chi connectivity index (χ1n) is 34.0. The molecule has 1 saturated heterocycles. The van der Waals surface area contributed by atoms with Gasteiger partial charge in [0.25, 0.3) is 0 Å². The lowest BCUT2D eigenvalue weighted by Crippen LogP contribution is -2.46. The zero-order chi connectivity index (χ0) is 67.1. The minimum absolute atomic E-state index is 0.103. The highest BCUT2D eigenvalue weighted by molar-refractivity contribution is 6.85. The average Bonchev–Trinajstić information content (AvgIpc) is 3.52. The number of carboxylic acid groups (broad SMARTS) is 2. The van der Waals surface area contributed by atoms with Crippen LogP contribution in [0.2, 0.25) is 76.6 Å². The SMILES string of the molecule is C=C(CC(C)CC(C)CCCC)C(CC(=O)NCCC[Si](C)(C)O[Si](C)(C)CCNC(=O)CC(C(=C)CC(C)CC(CC)CCCC)C(=O)O)C(=O)O.C=C(CC(C)CC(C)CCCC)C1CC(=O)OC1=O.C[Si](C)(CCCN)O[Si](C)(C)CCCN. The zero-order valence-electron chi connectivity index (χ0n) is 58.8. The van der Waals surface area contributed by atoms with Crippen molar-refractivity contribution < 1.29 is 51.9 Å². The van der Waals surface area contributed by atoms with Gasteiger partial charge in [-0.15, -0.1) is 0 Å². The molecule has 508 valence electrons. The number of cyclic esters (lactones) is 2. The summed E-state index contributed by atoms with van der Waals surface area (Å²) in [6.45, 7) is 52.2. The van der Waals surface area contributed by atoms with Crippen LogP contribution in [0.4, 0.5) is 0 Å². The summed E-state index contributed by atoms with van der Waals surface area (Å²) in [7, 11) is -7.18. The molecule has 0 aromatic rings. The lowest BCUT2D eigenvalue weighted by atomic mass is 9.83. The van der Waals surface area contributed by atoms with E-state index in [2.05, 4.69) is 150 Å². The molecule has 1 rings (SSSR count). The summed E-state index contributed by atoms with van der Waals surface area (Å²) in [5.74, 6) is -2.50. The Bertz CT molecular complexity index is 2020. The third-order valence-electron chi connectivity index (χ3n) is 16.9. The van der Waals surface area contributed by atoms with Gasteiger partial charge in [-0.3, -0.25) is 28.8 Å². The monoisotopic (exact) mass is 1290 g/mol. The third-order valence-corrected chi connectivity index (χ3v) is 31.9. The average molecular weight is 1300 g/mol. The molecule has 15 nitrogen and oxygen atoms in total. The molecule has 0 aliphatic carbocycles. The van der Waals surface area contributed by atoms with Crippen LogP contribution in [0.15, 0.2) is 36.5 Å². The van der Waals surface area contributed by atoms with Crippen LogP contribution >= 0.6 is 0 Å². The van der Waals surface area contributed by atoms with E-state index in [1.807, 2.05) is 0 Å². The van der Waals surface area contributed by atoms with Crippen LogP contribution in [0.3, 0.4) is 0 Å². The van der Waals surface area contributed by atoms with Gasteiger partial charge in [0.05, 0.1) is 24.2 Å².